The number of nitrogens with zero attached hydrogens (tertiary/aromatic N) is 3. The summed E-state index contributed by atoms with van der Waals surface area (Å²) in [6.07, 6.45) is 3.21. The second-order valence-electron chi connectivity index (χ2n) is 7.17. The van der Waals surface area contributed by atoms with Crippen LogP contribution in [0.3, 0.4) is 0 Å². The van der Waals surface area contributed by atoms with Gasteiger partial charge < -0.3 is 24.7 Å². The molecule has 1 aromatic heterocycles. The number of aliphatic imine (C=N–C) groups is 1. The first kappa shape index (κ1) is 19.1. The number of rotatable bonds is 3. The number of hydrogen-bond donors (Lipinski definition) is 2. The van der Waals surface area contributed by atoms with Gasteiger partial charge in [0, 0.05) is 31.6 Å². The average molecular weight is 351 g/mol. The molecule has 1 aromatic rings. The third kappa shape index (κ3) is 5.37. The number of piperidine rings is 1. The molecule has 0 bridgehead atoms. The van der Waals surface area contributed by atoms with E-state index in [1.54, 1.807) is 18.1 Å². The Hall–Kier alpha value is -2.25. The number of nitrogens with one attached hydrogen (secondary N) is 2. The number of hydrogen-bond acceptors (Lipinski definition) is 5. The predicted molar refractivity (Wildman–Crippen MR) is 95.5 cm³/mol. The molecule has 8 nitrogen and oxygen atoms in total. The Bertz CT molecular complexity index is 598. The average Bonchev–Trinajstić information content (AvgIpc) is 3.08. The van der Waals surface area contributed by atoms with E-state index in [1.807, 2.05) is 0 Å². The molecule has 2 rings (SSSR count). The van der Waals surface area contributed by atoms with Gasteiger partial charge in [-0.2, -0.15) is 0 Å². The van der Waals surface area contributed by atoms with Crippen LogP contribution in [-0.2, 0) is 16.7 Å². The van der Waals surface area contributed by atoms with Crippen LogP contribution in [-0.4, -0.2) is 55.2 Å². The smallest absolute Gasteiger partial charge is 0.409 e. The van der Waals surface area contributed by atoms with Crippen molar-refractivity contribution >= 4 is 12.1 Å². The summed E-state index contributed by atoms with van der Waals surface area (Å²) in [5, 5.41) is 6.60. The molecule has 0 aliphatic carbocycles. The standard InChI is InChI=1S/C17H29N5O3/c1-17(2,3)13-10-19-14(25-13)11-20-15(18-4)21-12-6-8-22(9-7-12)16(23)24-5/h10,12H,6-9,11H2,1-5H3,(H2,18,20,21). The van der Waals surface area contributed by atoms with E-state index in [9.17, 15) is 4.79 Å². The number of likely N-dealkylation sites (tertiary alicyclic amines) is 1. The highest BCUT2D eigenvalue weighted by molar-refractivity contribution is 5.79. The van der Waals surface area contributed by atoms with Gasteiger partial charge in [0.05, 0.1) is 19.9 Å². The molecule has 1 aliphatic rings. The quantitative estimate of drug-likeness (QED) is 0.638. The van der Waals surface area contributed by atoms with Gasteiger partial charge in [-0.3, -0.25) is 4.99 Å². The topological polar surface area (TPSA) is 92.0 Å². The van der Waals surface area contributed by atoms with Crippen LogP contribution in [0.2, 0.25) is 0 Å². The Morgan fingerprint density at radius 2 is 2.12 bits per heavy atom. The lowest BCUT2D eigenvalue weighted by molar-refractivity contribution is 0.111. The molecule has 140 valence electrons. The summed E-state index contributed by atoms with van der Waals surface area (Å²) in [4.78, 5) is 21.8. The van der Waals surface area contributed by atoms with Crippen molar-refractivity contribution in [2.24, 2.45) is 4.99 Å². The Morgan fingerprint density at radius 3 is 2.64 bits per heavy atom. The van der Waals surface area contributed by atoms with Crippen molar-refractivity contribution in [1.82, 2.24) is 20.5 Å². The second kappa shape index (κ2) is 8.22. The largest absolute Gasteiger partial charge is 0.453 e. The van der Waals surface area contributed by atoms with Gasteiger partial charge in [-0.25, -0.2) is 9.78 Å². The maximum Gasteiger partial charge on any atom is 0.409 e. The van der Waals surface area contributed by atoms with Gasteiger partial charge in [0.25, 0.3) is 0 Å². The summed E-state index contributed by atoms with van der Waals surface area (Å²) in [6, 6.07) is 0.266. The van der Waals surface area contributed by atoms with E-state index in [0.29, 0.717) is 31.5 Å². The predicted octanol–water partition coefficient (Wildman–Crippen LogP) is 1.87. The summed E-state index contributed by atoms with van der Waals surface area (Å²) in [6.45, 7) is 8.09. The van der Waals surface area contributed by atoms with E-state index in [2.05, 4.69) is 41.4 Å². The fourth-order valence-electron chi connectivity index (χ4n) is 2.62. The molecule has 0 aromatic carbocycles. The molecule has 25 heavy (non-hydrogen) atoms. The number of amides is 1. The van der Waals surface area contributed by atoms with Gasteiger partial charge in [-0.05, 0) is 12.8 Å². The van der Waals surface area contributed by atoms with E-state index in [0.717, 1.165) is 18.6 Å². The van der Waals surface area contributed by atoms with Gasteiger partial charge >= 0.3 is 6.09 Å². The third-order valence-electron chi connectivity index (χ3n) is 4.19. The Morgan fingerprint density at radius 1 is 1.44 bits per heavy atom. The van der Waals surface area contributed by atoms with E-state index in [-0.39, 0.29) is 17.6 Å². The molecule has 1 amide bonds. The summed E-state index contributed by atoms with van der Waals surface area (Å²) in [5.41, 5.74) is -0.0568. The fourth-order valence-corrected chi connectivity index (χ4v) is 2.62. The van der Waals surface area contributed by atoms with Crippen LogP contribution >= 0.6 is 0 Å². The molecule has 0 spiro atoms. The van der Waals surface area contributed by atoms with Crippen LogP contribution in [0, 0.1) is 0 Å². The molecule has 2 N–H and O–H groups in total. The first-order valence-corrected chi connectivity index (χ1v) is 8.58. The molecule has 1 aliphatic heterocycles. The molecule has 0 atom stereocenters. The molecule has 1 fully saturated rings. The molecule has 1 saturated heterocycles. The molecule has 0 saturated carbocycles. The summed E-state index contributed by atoms with van der Waals surface area (Å²) >= 11 is 0. The Labute approximate surface area is 149 Å². The maximum atomic E-state index is 11.5. The van der Waals surface area contributed by atoms with E-state index in [4.69, 9.17) is 9.15 Å². The highest BCUT2D eigenvalue weighted by Crippen LogP contribution is 2.22. The fraction of sp³-hybridized carbons (Fsp3) is 0.706. The van der Waals surface area contributed by atoms with E-state index < -0.39 is 0 Å². The molecule has 8 heteroatoms. The minimum atomic E-state index is -0.264. The number of aromatic nitrogens is 1. The number of oxazole rings is 1. The summed E-state index contributed by atoms with van der Waals surface area (Å²) in [5.74, 6) is 2.20. The Kier molecular flexibility index (Phi) is 6.27. The van der Waals surface area contributed by atoms with E-state index >= 15 is 0 Å². The zero-order chi connectivity index (χ0) is 18.4. The minimum absolute atomic E-state index is 0.0568. The molecule has 0 unspecified atom stereocenters. The van der Waals surface area contributed by atoms with Crippen molar-refractivity contribution in [3.8, 4) is 0 Å². The van der Waals surface area contributed by atoms with Crippen molar-refractivity contribution in [2.75, 3.05) is 27.2 Å². The number of guanidine groups is 1. The summed E-state index contributed by atoms with van der Waals surface area (Å²) < 4.78 is 10.5. The number of methoxy groups -OCH3 is 1. The van der Waals surface area contributed by atoms with Crippen molar-refractivity contribution in [2.45, 2.75) is 51.6 Å². The second-order valence-corrected chi connectivity index (χ2v) is 7.17. The lowest BCUT2D eigenvalue weighted by atomic mass is 9.94. The normalized spacial score (nSPS) is 16.7. The van der Waals surface area contributed by atoms with Crippen LogP contribution in [0.15, 0.2) is 15.6 Å². The molecular weight excluding hydrogens is 322 g/mol. The molecule has 2 heterocycles. The number of carbonyl (C=O) groups excluding carboxylic acids is 1. The first-order valence-electron chi connectivity index (χ1n) is 8.58. The van der Waals surface area contributed by atoms with Crippen molar-refractivity contribution < 1.29 is 13.9 Å². The monoisotopic (exact) mass is 351 g/mol. The van der Waals surface area contributed by atoms with Crippen LogP contribution in [0.25, 0.3) is 0 Å². The zero-order valence-electron chi connectivity index (χ0n) is 15.8. The van der Waals surface area contributed by atoms with Crippen molar-refractivity contribution in [3.05, 3.63) is 17.8 Å². The van der Waals surface area contributed by atoms with Crippen LogP contribution in [0.4, 0.5) is 4.79 Å². The first-order chi connectivity index (χ1) is 11.8. The number of ether oxygens (including phenoxy) is 1. The minimum Gasteiger partial charge on any atom is -0.453 e. The van der Waals surface area contributed by atoms with Gasteiger partial charge in [0.15, 0.2) is 5.96 Å². The highest BCUT2D eigenvalue weighted by atomic mass is 16.5. The van der Waals surface area contributed by atoms with Crippen molar-refractivity contribution in [3.63, 3.8) is 0 Å². The molecule has 0 radical (unpaired) electrons. The van der Waals surface area contributed by atoms with Gasteiger partial charge in [-0.15, -0.1) is 0 Å². The van der Waals surface area contributed by atoms with Crippen LogP contribution < -0.4 is 10.6 Å². The van der Waals surface area contributed by atoms with Crippen LogP contribution in [0.1, 0.15) is 45.3 Å². The van der Waals surface area contributed by atoms with Gasteiger partial charge in [-0.1, -0.05) is 20.8 Å². The number of carbonyl (C=O) groups is 1. The SMILES string of the molecule is CN=C(NCc1ncc(C(C)(C)C)o1)NC1CCN(C(=O)OC)CC1. The van der Waals surface area contributed by atoms with E-state index in [1.165, 1.54) is 7.11 Å². The maximum absolute atomic E-state index is 11.5. The van der Waals surface area contributed by atoms with Crippen molar-refractivity contribution in [1.29, 1.82) is 0 Å². The lowest BCUT2D eigenvalue weighted by Crippen LogP contribution is -2.49. The Balaban J connectivity index is 1.80. The molecular formula is C17H29N5O3. The summed E-state index contributed by atoms with van der Waals surface area (Å²) in [7, 11) is 3.14. The van der Waals surface area contributed by atoms with Crippen LogP contribution in [0.5, 0.6) is 0 Å². The zero-order valence-corrected chi connectivity index (χ0v) is 15.8. The van der Waals surface area contributed by atoms with Gasteiger partial charge in [0.2, 0.25) is 5.89 Å². The lowest BCUT2D eigenvalue weighted by Gasteiger charge is -2.32. The van der Waals surface area contributed by atoms with Gasteiger partial charge in [0.1, 0.15) is 5.76 Å². The highest BCUT2D eigenvalue weighted by Gasteiger charge is 2.24. The third-order valence-corrected chi connectivity index (χ3v) is 4.19.